The van der Waals surface area contributed by atoms with E-state index in [1.165, 1.54) is 23.5 Å². The Labute approximate surface area is 199 Å². The fourth-order valence-electron chi connectivity index (χ4n) is 2.30. The highest BCUT2D eigenvalue weighted by atomic mass is 35.5. The van der Waals surface area contributed by atoms with Crippen LogP contribution in [0, 0.1) is 0 Å². The number of nitrogens with zero attached hydrogens (tertiary/aromatic N) is 3. The van der Waals surface area contributed by atoms with Gasteiger partial charge in [0.2, 0.25) is 0 Å². The van der Waals surface area contributed by atoms with E-state index in [0.29, 0.717) is 28.5 Å². The molecule has 0 fully saturated rings. The highest BCUT2D eigenvalue weighted by Gasteiger charge is 2.15. The fourth-order valence-corrected chi connectivity index (χ4v) is 3.87. The van der Waals surface area contributed by atoms with Gasteiger partial charge in [0.05, 0.1) is 10.9 Å². The molecular weight excluding hydrogens is 448 g/mol. The lowest BCUT2D eigenvalue weighted by Crippen LogP contribution is -2.01. The number of benzene rings is 1. The number of aromatic nitrogens is 3. The third-order valence-corrected chi connectivity index (χ3v) is 5.57. The van der Waals surface area contributed by atoms with Gasteiger partial charge < -0.3 is 10.5 Å². The molecule has 0 amide bonds. The van der Waals surface area contributed by atoms with E-state index in [0.717, 1.165) is 16.3 Å². The molecule has 168 valence electrons. The van der Waals surface area contributed by atoms with Gasteiger partial charge in [0.1, 0.15) is 17.5 Å². The van der Waals surface area contributed by atoms with Crippen molar-refractivity contribution >= 4 is 40.9 Å². The molecule has 1 atom stereocenters. The summed E-state index contributed by atoms with van der Waals surface area (Å²) < 4.78 is 5.78. The molecule has 0 saturated carbocycles. The SMILES string of the molecule is CC.CC.CSc1cc(N)nc(SC(C)c2ccc(OCc3ccccc3)c(Cl)n2)n1. The Kier molecular flexibility index (Phi) is 13.1. The van der Waals surface area contributed by atoms with Gasteiger partial charge in [0, 0.05) is 6.07 Å². The lowest BCUT2D eigenvalue weighted by molar-refractivity contribution is 0.305. The molecule has 1 aromatic carbocycles. The second kappa shape index (κ2) is 14.9. The summed E-state index contributed by atoms with van der Waals surface area (Å²) in [7, 11) is 0. The fraction of sp³-hybridized carbons (Fsp3) is 0.348. The van der Waals surface area contributed by atoms with Gasteiger partial charge in [0.15, 0.2) is 16.1 Å². The molecule has 0 spiro atoms. The van der Waals surface area contributed by atoms with Crippen molar-refractivity contribution < 1.29 is 4.74 Å². The number of thioether (sulfide) groups is 2. The van der Waals surface area contributed by atoms with Crippen LogP contribution in [0.25, 0.3) is 0 Å². The van der Waals surface area contributed by atoms with Gasteiger partial charge in [-0.15, -0.1) is 11.8 Å². The van der Waals surface area contributed by atoms with Gasteiger partial charge in [-0.2, -0.15) is 0 Å². The molecule has 5 nitrogen and oxygen atoms in total. The molecule has 0 aliphatic rings. The average molecular weight is 479 g/mol. The van der Waals surface area contributed by atoms with Crippen molar-refractivity contribution in [3.8, 4) is 5.75 Å². The third-order valence-electron chi connectivity index (χ3n) is 3.68. The van der Waals surface area contributed by atoms with Crippen LogP contribution in [0.2, 0.25) is 5.15 Å². The van der Waals surface area contributed by atoms with Gasteiger partial charge in [-0.1, -0.05) is 81.4 Å². The Morgan fingerprint density at radius 3 is 2.29 bits per heavy atom. The van der Waals surface area contributed by atoms with Crippen molar-refractivity contribution in [1.82, 2.24) is 15.0 Å². The Morgan fingerprint density at radius 1 is 1.00 bits per heavy atom. The zero-order chi connectivity index (χ0) is 23.2. The second-order valence-electron chi connectivity index (χ2n) is 5.68. The summed E-state index contributed by atoms with van der Waals surface area (Å²) in [5.74, 6) is 1.02. The van der Waals surface area contributed by atoms with Crippen molar-refractivity contribution in [3.05, 3.63) is 64.9 Å². The van der Waals surface area contributed by atoms with Crippen LogP contribution in [-0.2, 0) is 6.61 Å². The normalized spacial score (nSPS) is 10.8. The number of hydrogen-bond donors (Lipinski definition) is 1. The first kappa shape index (κ1) is 27.1. The maximum absolute atomic E-state index is 6.32. The summed E-state index contributed by atoms with van der Waals surface area (Å²) in [5, 5.41) is 1.82. The Balaban J connectivity index is 0.00000113. The van der Waals surface area contributed by atoms with E-state index in [-0.39, 0.29) is 5.25 Å². The van der Waals surface area contributed by atoms with Crippen LogP contribution in [0.4, 0.5) is 5.82 Å². The van der Waals surface area contributed by atoms with Crippen LogP contribution in [0.3, 0.4) is 0 Å². The number of pyridine rings is 1. The molecule has 0 saturated heterocycles. The number of anilines is 1. The molecule has 2 N–H and O–H groups in total. The van der Waals surface area contributed by atoms with E-state index >= 15 is 0 Å². The highest BCUT2D eigenvalue weighted by Crippen LogP contribution is 2.35. The minimum Gasteiger partial charge on any atom is -0.486 e. The average Bonchev–Trinajstić information content (AvgIpc) is 2.81. The van der Waals surface area contributed by atoms with E-state index < -0.39 is 0 Å². The largest absolute Gasteiger partial charge is 0.486 e. The summed E-state index contributed by atoms with van der Waals surface area (Å²) in [6, 6.07) is 15.4. The molecule has 1 unspecified atom stereocenters. The Morgan fingerprint density at radius 2 is 1.68 bits per heavy atom. The van der Waals surface area contributed by atoms with Crippen LogP contribution in [0.1, 0.15) is 51.1 Å². The van der Waals surface area contributed by atoms with E-state index in [4.69, 9.17) is 22.1 Å². The smallest absolute Gasteiger partial charge is 0.191 e. The third kappa shape index (κ3) is 8.97. The zero-order valence-corrected chi connectivity index (χ0v) is 21.3. The lowest BCUT2D eigenvalue weighted by Gasteiger charge is -2.13. The molecule has 0 aliphatic carbocycles. The lowest BCUT2D eigenvalue weighted by atomic mass is 10.2. The van der Waals surface area contributed by atoms with Gasteiger partial charge in [-0.25, -0.2) is 15.0 Å². The van der Waals surface area contributed by atoms with Gasteiger partial charge >= 0.3 is 0 Å². The van der Waals surface area contributed by atoms with Crippen LogP contribution < -0.4 is 10.5 Å². The molecule has 0 bridgehead atoms. The van der Waals surface area contributed by atoms with Crippen molar-refractivity contribution in [2.75, 3.05) is 12.0 Å². The van der Waals surface area contributed by atoms with Crippen LogP contribution in [-0.4, -0.2) is 21.2 Å². The van der Waals surface area contributed by atoms with Crippen LogP contribution in [0.15, 0.2) is 58.7 Å². The van der Waals surface area contributed by atoms with E-state index in [9.17, 15) is 0 Å². The second-order valence-corrected chi connectivity index (χ2v) is 8.17. The van der Waals surface area contributed by atoms with Gasteiger partial charge in [-0.05, 0) is 30.9 Å². The molecule has 0 radical (unpaired) electrons. The summed E-state index contributed by atoms with van der Waals surface area (Å²) in [6.07, 6.45) is 1.95. The standard InChI is InChI=1S/C19H19ClN4OS2.2C2H6/c1-12(27-19-23-16(21)10-17(24-19)26-2)14-8-9-15(18(20)22-14)25-11-13-6-4-3-5-7-13;2*1-2/h3-10,12H,11H2,1-2H3,(H2,21,23,24);2*1-2H3. The molecule has 2 heterocycles. The van der Waals surface area contributed by atoms with Gasteiger partial charge in [0.25, 0.3) is 0 Å². The predicted molar refractivity (Wildman–Crippen MR) is 135 cm³/mol. The first-order valence-corrected chi connectivity index (χ1v) is 12.7. The predicted octanol–water partition coefficient (Wildman–Crippen LogP) is 7.31. The maximum Gasteiger partial charge on any atom is 0.191 e. The number of nitrogens with two attached hydrogens (primary N) is 1. The molecule has 8 heteroatoms. The minimum absolute atomic E-state index is 0.0159. The summed E-state index contributed by atoms with van der Waals surface area (Å²) in [5.41, 5.74) is 7.75. The summed E-state index contributed by atoms with van der Waals surface area (Å²) >= 11 is 9.33. The zero-order valence-electron chi connectivity index (χ0n) is 18.9. The summed E-state index contributed by atoms with van der Waals surface area (Å²) in [6.45, 7) is 10.5. The number of nitrogen functional groups attached to an aromatic ring is 1. The first-order chi connectivity index (χ1) is 15.0. The van der Waals surface area contributed by atoms with E-state index in [1.54, 1.807) is 6.07 Å². The number of rotatable bonds is 7. The van der Waals surface area contributed by atoms with Crippen LogP contribution in [0.5, 0.6) is 5.75 Å². The topological polar surface area (TPSA) is 73.9 Å². The van der Waals surface area contributed by atoms with E-state index in [1.807, 2.05) is 83.3 Å². The maximum atomic E-state index is 6.32. The number of hydrogen-bond acceptors (Lipinski definition) is 7. The summed E-state index contributed by atoms with van der Waals surface area (Å²) in [4.78, 5) is 13.2. The molecule has 3 aromatic rings. The van der Waals surface area contributed by atoms with E-state index in [2.05, 4.69) is 15.0 Å². The minimum atomic E-state index is 0.0159. The molecule has 31 heavy (non-hydrogen) atoms. The van der Waals surface area contributed by atoms with Crippen LogP contribution >= 0.6 is 35.1 Å². The monoisotopic (exact) mass is 478 g/mol. The van der Waals surface area contributed by atoms with Crippen molar-refractivity contribution in [2.45, 2.75) is 56.7 Å². The number of halogens is 1. The molecular formula is C23H31ClN4OS2. The Bertz CT molecular complexity index is 913. The molecule has 0 aliphatic heterocycles. The quantitative estimate of drug-likeness (QED) is 0.165. The van der Waals surface area contributed by atoms with Gasteiger partial charge in [-0.3, -0.25) is 0 Å². The first-order valence-electron chi connectivity index (χ1n) is 10.2. The molecule has 3 rings (SSSR count). The van der Waals surface area contributed by atoms with Crippen molar-refractivity contribution in [3.63, 3.8) is 0 Å². The van der Waals surface area contributed by atoms with Crippen molar-refractivity contribution in [1.29, 1.82) is 0 Å². The number of ether oxygens (including phenoxy) is 1. The Hall–Kier alpha value is -1.96. The molecule has 2 aromatic heterocycles. The van der Waals surface area contributed by atoms with Crippen molar-refractivity contribution in [2.24, 2.45) is 0 Å². The highest BCUT2D eigenvalue weighted by molar-refractivity contribution is 7.99.